The van der Waals surface area contributed by atoms with Crippen molar-refractivity contribution in [3.63, 3.8) is 0 Å². The van der Waals surface area contributed by atoms with Crippen LogP contribution in [0.15, 0.2) is 51.6 Å². The first-order chi connectivity index (χ1) is 10.3. The number of nitrogens with one attached hydrogen (secondary N) is 1. The maximum absolute atomic E-state index is 4.45. The first kappa shape index (κ1) is 12.7. The van der Waals surface area contributed by atoms with Gasteiger partial charge in [-0.15, -0.1) is 0 Å². The smallest absolute Gasteiger partial charge is 0.181 e. The SMILES string of the molecule is Brc1cnc2c(Sc3ncnc4nc[nH]c34)ccnc2c1. The molecular weight excluding hydrogens is 352 g/mol. The summed E-state index contributed by atoms with van der Waals surface area (Å²) in [6.45, 7) is 0. The van der Waals surface area contributed by atoms with Crippen LogP contribution in [0.4, 0.5) is 0 Å². The van der Waals surface area contributed by atoms with Crippen LogP contribution in [0.3, 0.4) is 0 Å². The molecule has 0 aliphatic carbocycles. The summed E-state index contributed by atoms with van der Waals surface area (Å²) >= 11 is 4.92. The molecule has 0 fully saturated rings. The molecule has 102 valence electrons. The molecule has 4 rings (SSSR count). The van der Waals surface area contributed by atoms with E-state index in [1.54, 1.807) is 18.7 Å². The Morgan fingerprint density at radius 2 is 2.05 bits per heavy atom. The van der Waals surface area contributed by atoms with Gasteiger partial charge in [-0.1, -0.05) is 11.8 Å². The molecule has 1 N–H and O–H groups in total. The van der Waals surface area contributed by atoms with Crippen LogP contribution < -0.4 is 0 Å². The second kappa shape index (κ2) is 5.05. The van der Waals surface area contributed by atoms with Crippen LogP contribution in [0.25, 0.3) is 22.2 Å². The fourth-order valence-electron chi connectivity index (χ4n) is 1.99. The normalized spacial score (nSPS) is 11.3. The highest BCUT2D eigenvalue weighted by Crippen LogP contribution is 2.33. The molecule has 6 nitrogen and oxygen atoms in total. The lowest BCUT2D eigenvalue weighted by Crippen LogP contribution is -1.89. The minimum Gasteiger partial charge on any atom is -0.341 e. The van der Waals surface area contributed by atoms with E-state index in [4.69, 9.17) is 0 Å². The average Bonchev–Trinajstić information content (AvgIpc) is 2.97. The number of nitrogens with zero attached hydrogens (tertiary/aromatic N) is 5. The number of H-pyrrole nitrogens is 1. The van der Waals surface area contributed by atoms with Crippen LogP contribution in [0, 0.1) is 0 Å². The van der Waals surface area contributed by atoms with E-state index >= 15 is 0 Å². The summed E-state index contributed by atoms with van der Waals surface area (Å²) in [4.78, 5) is 25.4. The number of halogens is 1. The summed E-state index contributed by atoms with van der Waals surface area (Å²) < 4.78 is 0.905. The van der Waals surface area contributed by atoms with Crippen molar-refractivity contribution in [2.75, 3.05) is 0 Å². The number of aromatic amines is 1. The van der Waals surface area contributed by atoms with Gasteiger partial charge in [0.1, 0.15) is 22.4 Å². The Bertz CT molecular complexity index is 954. The summed E-state index contributed by atoms with van der Waals surface area (Å²) in [6, 6.07) is 3.87. The molecule has 21 heavy (non-hydrogen) atoms. The number of hydrogen-bond acceptors (Lipinski definition) is 6. The van der Waals surface area contributed by atoms with Crippen LogP contribution in [0.5, 0.6) is 0 Å². The van der Waals surface area contributed by atoms with E-state index in [-0.39, 0.29) is 0 Å². The highest BCUT2D eigenvalue weighted by atomic mass is 79.9. The average molecular weight is 359 g/mol. The van der Waals surface area contributed by atoms with Gasteiger partial charge in [-0.2, -0.15) is 0 Å². The van der Waals surface area contributed by atoms with Gasteiger partial charge in [0.2, 0.25) is 0 Å². The topological polar surface area (TPSA) is 80.2 Å². The molecule has 0 bridgehead atoms. The zero-order valence-electron chi connectivity index (χ0n) is 10.5. The van der Waals surface area contributed by atoms with Crippen LogP contribution in [-0.2, 0) is 0 Å². The van der Waals surface area contributed by atoms with Crippen molar-refractivity contribution in [2.45, 2.75) is 9.92 Å². The van der Waals surface area contributed by atoms with Crippen LogP contribution in [0.2, 0.25) is 0 Å². The van der Waals surface area contributed by atoms with Gasteiger partial charge in [-0.3, -0.25) is 9.97 Å². The summed E-state index contributed by atoms with van der Waals surface area (Å²) in [6.07, 6.45) is 6.66. The second-order valence-electron chi connectivity index (χ2n) is 4.21. The van der Waals surface area contributed by atoms with Gasteiger partial charge in [0.25, 0.3) is 0 Å². The summed E-state index contributed by atoms with van der Waals surface area (Å²) in [5, 5.41) is 0.815. The van der Waals surface area contributed by atoms with Crippen molar-refractivity contribution < 1.29 is 0 Å². The molecule has 0 amide bonds. The first-order valence-electron chi connectivity index (χ1n) is 6.03. The Hall–Kier alpha value is -2.06. The lowest BCUT2D eigenvalue weighted by Gasteiger charge is -2.05. The third-order valence-electron chi connectivity index (χ3n) is 2.90. The number of fused-ring (bicyclic) bond motifs is 2. The van der Waals surface area contributed by atoms with E-state index in [0.29, 0.717) is 5.65 Å². The molecule has 0 aromatic carbocycles. The monoisotopic (exact) mass is 358 g/mol. The van der Waals surface area contributed by atoms with Gasteiger partial charge in [0.15, 0.2) is 5.65 Å². The predicted molar refractivity (Wildman–Crippen MR) is 83.0 cm³/mol. The number of imidazole rings is 1. The Balaban J connectivity index is 1.86. The molecule has 0 saturated heterocycles. The quantitative estimate of drug-likeness (QED) is 0.554. The largest absolute Gasteiger partial charge is 0.341 e. The maximum atomic E-state index is 4.45. The molecular formula is C13H7BrN6S. The number of pyridine rings is 2. The molecule has 0 spiro atoms. The summed E-state index contributed by atoms with van der Waals surface area (Å²) in [5.74, 6) is 0. The summed E-state index contributed by atoms with van der Waals surface area (Å²) in [7, 11) is 0. The van der Waals surface area contributed by atoms with Crippen LogP contribution in [0.1, 0.15) is 0 Å². The molecule has 0 atom stereocenters. The van der Waals surface area contributed by atoms with E-state index < -0.39 is 0 Å². The minimum atomic E-state index is 0.654. The molecule has 4 heterocycles. The fourth-order valence-corrected chi connectivity index (χ4v) is 3.25. The van der Waals surface area contributed by atoms with Gasteiger partial charge in [-0.05, 0) is 28.1 Å². The lowest BCUT2D eigenvalue weighted by atomic mass is 10.3. The van der Waals surface area contributed by atoms with E-state index in [2.05, 4.69) is 45.8 Å². The van der Waals surface area contributed by atoms with Crippen molar-refractivity contribution in [1.82, 2.24) is 29.9 Å². The third-order valence-corrected chi connectivity index (χ3v) is 4.39. The lowest BCUT2D eigenvalue weighted by molar-refractivity contribution is 1.08. The highest BCUT2D eigenvalue weighted by Gasteiger charge is 2.11. The van der Waals surface area contributed by atoms with Crippen molar-refractivity contribution in [1.29, 1.82) is 0 Å². The Kier molecular flexibility index (Phi) is 3.04. The molecule has 4 aromatic rings. The van der Waals surface area contributed by atoms with E-state index in [1.165, 1.54) is 18.1 Å². The van der Waals surface area contributed by atoms with Crippen molar-refractivity contribution in [2.24, 2.45) is 0 Å². The second-order valence-corrected chi connectivity index (χ2v) is 6.16. The Morgan fingerprint density at radius 1 is 1.10 bits per heavy atom. The predicted octanol–water partition coefficient (Wildman–Crippen LogP) is 3.21. The molecule has 0 unspecified atom stereocenters. The van der Waals surface area contributed by atoms with Gasteiger partial charge >= 0.3 is 0 Å². The van der Waals surface area contributed by atoms with Crippen LogP contribution in [-0.4, -0.2) is 29.9 Å². The number of rotatable bonds is 2. The molecule has 4 aromatic heterocycles. The van der Waals surface area contributed by atoms with E-state index in [1.807, 2.05) is 12.1 Å². The van der Waals surface area contributed by atoms with E-state index in [0.717, 1.165) is 30.9 Å². The first-order valence-corrected chi connectivity index (χ1v) is 7.64. The van der Waals surface area contributed by atoms with Crippen molar-refractivity contribution in [3.05, 3.63) is 41.7 Å². The molecule has 8 heteroatoms. The van der Waals surface area contributed by atoms with Gasteiger partial charge < -0.3 is 4.98 Å². The molecule has 0 aliphatic rings. The van der Waals surface area contributed by atoms with Crippen molar-refractivity contribution in [3.8, 4) is 0 Å². The molecule has 0 radical (unpaired) electrons. The van der Waals surface area contributed by atoms with Gasteiger partial charge in [0, 0.05) is 21.8 Å². The zero-order valence-corrected chi connectivity index (χ0v) is 12.9. The summed E-state index contributed by atoms with van der Waals surface area (Å²) in [5.41, 5.74) is 3.16. The van der Waals surface area contributed by atoms with E-state index in [9.17, 15) is 0 Å². The third kappa shape index (κ3) is 2.26. The molecule has 0 aliphatic heterocycles. The number of hydrogen-bond donors (Lipinski definition) is 1. The Morgan fingerprint density at radius 3 is 3.00 bits per heavy atom. The van der Waals surface area contributed by atoms with Crippen molar-refractivity contribution >= 4 is 49.9 Å². The molecule has 0 saturated carbocycles. The van der Waals surface area contributed by atoms with Crippen LogP contribution >= 0.6 is 27.7 Å². The Labute approximate surface area is 131 Å². The zero-order chi connectivity index (χ0) is 14.2. The minimum absolute atomic E-state index is 0.654. The van der Waals surface area contributed by atoms with Gasteiger partial charge in [-0.25, -0.2) is 15.0 Å². The standard InChI is InChI=1S/C13H7BrN6S/c14-7-3-8-10(16-4-7)9(1-2-15-8)21-13-11-12(18-5-17-11)19-6-20-13/h1-6H,(H,17,18,19,20). The highest BCUT2D eigenvalue weighted by molar-refractivity contribution is 9.10. The maximum Gasteiger partial charge on any atom is 0.181 e. The fraction of sp³-hybridized carbons (Fsp3) is 0. The van der Waals surface area contributed by atoms with Gasteiger partial charge in [0.05, 0.1) is 11.8 Å². The number of aromatic nitrogens is 6.